The maximum Gasteiger partial charge on any atom is 0.335 e. The molecule has 1 saturated heterocycles. The number of aliphatic carboxylic acids is 1. The molecule has 0 spiro atoms. The van der Waals surface area contributed by atoms with E-state index in [1.807, 2.05) is 19.1 Å². The molecule has 0 unspecified atom stereocenters. The second-order valence-electron chi connectivity index (χ2n) is 6.38. The SMILES string of the molecule is CCc1c(C(=O)N2CCC(O)(C(=O)O)CC2)cnn1-c1cccc(Cl)c1. The van der Waals surface area contributed by atoms with Gasteiger partial charge in [0.15, 0.2) is 5.60 Å². The Labute approximate surface area is 155 Å². The zero-order chi connectivity index (χ0) is 18.9. The van der Waals surface area contributed by atoms with Gasteiger partial charge in [0.2, 0.25) is 0 Å². The number of carbonyl (C=O) groups excluding carboxylic acids is 1. The number of hydrogen-bond donors (Lipinski definition) is 2. The Hall–Kier alpha value is -2.38. The summed E-state index contributed by atoms with van der Waals surface area (Å²) < 4.78 is 1.69. The predicted octanol–water partition coefficient (Wildman–Crippen LogP) is 2.14. The number of carbonyl (C=O) groups is 2. The fourth-order valence-corrected chi connectivity index (χ4v) is 3.37. The van der Waals surface area contributed by atoms with Crippen molar-refractivity contribution in [3.05, 3.63) is 46.7 Å². The smallest absolute Gasteiger partial charge is 0.335 e. The maximum absolute atomic E-state index is 12.9. The Balaban J connectivity index is 1.84. The van der Waals surface area contributed by atoms with Crippen LogP contribution in [0.3, 0.4) is 0 Å². The Morgan fingerprint density at radius 1 is 1.31 bits per heavy atom. The molecule has 8 heteroatoms. The van der Waals surface area contributed by atoms with E-state index >= 15 is 0 Å². The lowest BCUT2D eigenvalue weighted by Gasteiger charge is -2.35. The van der Waals surface area contributed by atoms with Crippen molar-refractivity contribution < 1.29 is 19.8 Å². The highest BCUT2D eigenvalue weighted by molar-refractivity contribution is 6.30. The van der Waals surface area contributed by atoms with E-state index in [-0.39, 0.29) is 31.8 Å². The van der Waals surface area contributed by atoms with Crippen LogP contribution in [0.5, 0.6) is 0 Å². The minimum absolute atomic E-state index is 0.0119. The molecule has 3 rings (SSSR count). The quantitative estimate of drug-likeness (QED) is 0.851. The zero-order valence-electron chi connectivity index (χ0n) is 14.4. The molecule has 1 fully saturated rings. The summed E-state index contributed by atoms with van der Waals surface area (Å²) in [6.45, 7) is 2.31. The van der Waals surface area contributed by atoms with E-state index in [0.717, 1.165) is 11.4 Å². The first kappa shape index (κ1) is 18.4. The number of likely N-dealkylation sites (tertiary alicyclic amines) is 1. The second-order valence-corrected chi connectivity index (χ2v) is 6.82. The molecule has 0 saturated carbocycles. The molecule has 26 heavy (non-hydrogen) atoms. The number of halogens is 1. The molecule has 2 heterocycles. The summed E-state index contributed by atoms with van der Waals surface area (Å²) in [7, 11) is 0. The number of rotatable bonds is 4. The molecular weight excluding hydrogens is 358 g/mol. The molecule has 1 aliphatic rings. The summed E-state index contributed by atoms with van der Waals surface area (Å²) in [4.78, 5) is 25.6. The van der Waals surface area contributed by atoms with Crippen LogP contribution in [0.4, 0.5) is 0 Å². The summed E-state index contributed by atoms with van der Waals surface area (Å²) in [6, 6.07) is 7.22. The zero-order valence-corrected chi connectivity index (χ0v) is 15.1. The number of benzene rings is 1. The van der Waals surface area contributed by atoms with Gasteiger partial charge in [-0.3, -0.25) is 4.79 Å². The first-order valence-corrected chi connectivity index (χ1v) is 8.81. The number of aliphatic hydroxyl groups is 1. The van der Waals surface area contributed by atoms with Crippen LogP contribution in [0.2, 0.25) is 5.02 Å². The molecule has 1 amide bonds. The molecular formula is C18H20ClN3O4. The molecule has 1 aliphatic heterocycles. The van der Waals surface area contributed by atoms with E-state index in [4.69, 9.17) is 16.7 Å². The van der Waals surface area contributed by atoms with E-state index < -0.39 is 11.6 Å². The lowest BCUT2D eigenvalue weighted by atomic mass is 9.91. The van der Waals surface area contributed by atoms with E-state index in [9.17, 15) is 14.7 Å². The third kappa shape index (κ3) is 3.32. The van der Waals surface area contributed by atoms with Gasteiger partial charge in [-0.2, -0.15) is 5.10 Å². The van der Waals surface area contributed by atoms with Gasteiger partial charge in [0.05, 0.1) is 23.1 Å². The topological polar surface area (TPSA) is 95.7 Å². The van der Waals surface area contributed by atoms with Gasteiger partial charge in [-0.1, -0.05) is 24.6 Å². The summed E-state index contributed by atoms with van der Waals surface area (Å²) in [5, 5.41) is 24.0. The molecule has 0 bridgehead atoms. The lowest BCUT2D eigenvalue weighted by Crippen LogP contribution is -2.50. The Morgan fingerprint density at radius 2 is 2.00 bits per heavy atom. The average molecular weight is 378 g/mol. The van der Waals surface area contributed by atoms with Gasteiger partial charge in [0.1, 0.15) is 0 Å². The van der Waals surface area contributed by atoms with Crippen LogP contribution in [-0.2, 0) is 11.2 Å². The molecule has 138 valence electrons. The van der Waals surface area contributed by atoms with Gasteiger partial charge >= 0.3 is 5.97 Å². The number of aromatic nitrogens is 2. The molecule has 1 aromatic heterocycles. The Kier molecular flexibility index (Phi) is 5.02. The average Bonchev–Trinajstić information content (AvgIpc) is 3.05. The van der Waals surface area contributed by atoms with Crippen LogP contribution in [0.15, 0.2) is 30.5 Å². The molecule has 0 atom stereocenters. The monoisotopic (exact) mass is 377 g/mol. The first-order chi connectivity index (χ1) is 12.4. The molecule has 2 aromatic rings. The normalized spacial score (nSPS) is 16.5. The largest absolute Gasteiger partial charge is 0.479 e. The standard InChI is InChI=1S/C18H20ClN3O4/c1-2-15-14(11-20-22(15)13-5-3-4-12(19)10-13)16(23)21-8-6-18(26,7-9-21)17(24)25/h3-5,10-11,26H,2,6-9H2,1H3,(H,24,25). The Morgan fingerprint density at radius 3 is 2.58 bits per heavy atom. The van der Waals surface area contributed by atoms with Crippen LogP contribution in [0.1, 0.15) is 35.8 Å². The molecule has 0 radical (unpaired) electrons. The van der Waals surface area contributed by atoms with Crippen molar-refractivity contribution in [3.8, 4) is 5.69 Å². The predicted molar refractivity (Wildman–Crippen MR) is 95.7 cm³/mol. The second kappa shape index (κ2) is 7.09. The fourth-order valence-electron chi connectivity index (χ4n) is 3.19. The van der Waals surface area contributed by atoms with Gasteiger partial charge < -0.3 is 15.1 Å². The summed E-state index contributed by atoms with van der Waals surface area (Å²) in [5.41, 5.74) is 0.256. The lowest BCUT2D eigenvalue weighted by molar-refractivity contribution is -0.162. The maximum atomic E-state index is 12.9. The van der Waals surface area contributed by atoms with Crippen LogP contribution in [0.25, 0.3) is 5.69 Å². The number of hydrogen-bond acceptors (Lipinski definition) is 4. The van der Waals surface area contributed by atoms with Crippen LogP contribution < -0.4 is 0 Å². The first-order valence-electron chi connectivity index (χ1n) is 8.43. The summed E-state index contributed by atoms with van der Waals surface area (Å²) in [5.74, 6) is -1.45. The van der Waals surface area contributed by atoms with Gasteiger partial charge in [-0.05, 0) is 24.6 Å². The van der Waals surface area contributed by atoms with E-state index in [1.54, 1.807) is 21.7 Å². The van der Waals surface area contributed by atoms with Crippen molar-refractivity contribution in [2.75, 3.05) is 13.1 Å². The van der Waals surface area contributed by atoms with Gasteiger partial charge in [-0.15, -0.1) is 0 Å². The van der Waals surface area contributed by atoms with Crippen molar-refractivity contribution >= 4 is 23.5 Å². The van der Waals surface area contributed by atoms with Gasteiger partial charge in [0.25, 0.3) is 5.91 Å². The van der Waals surface area contributed by atoms with Crippen LogP contribution >= 0.6 is 11.6 Å². The van der Waals surface area contributed by atoms with E-state index in [2.05, 4.69) is 5.10 Å². The van der Waals surface area contributed by atoms with Gasteiger partial charge in [0, 0.05) is 31.0 Å². The van der Waals surface area contributed by atoms with Crippen molar-refractivity contribution in [3.63, 3.8) is 0 Å². The highest BCUT2D eigenvalue weighted by Crippen LogP contribution is 2.25. The molecule has 2 N–H and O–H groups in total. The van der Waals surface area contributed by atoms with Crippen molar-refractivity contribution in [2.24, 2.45) is 0 Å². The third-order valence-corrected chi connectivity index (χ3v) is 5.00. The number of amides is 1. The highest BCUT2D eigenvalue weighted by Gasteiger charge is 2.40. The van der Waals surface area contributed by atoms with Crippen LogP contribution in [0, 0.1) is 0 Å². The van der Waals surface area contributed by atoms with E-state index in [1.165, 1.54) is 6.20 Å². The summed E-state index contributed by atoms with van der Waals surface area (Å²) in [6.07, 6.45) is 2.15. The molecule has 0 aliphatic carbocycles. The number of carboxylic acid groups (broad SMARTS) is 1. The number of nitrogens with zero attached hydrogens (tertiary/aromatic N) is 3. The van der Waals surface area contributed by atoms with E-state index in [0.29, 0.717) is 17.0 Å². The van der Waals surface area contributed by atoms with Crippen molar-refractivity contribution in [2.45, 2.75) is 31.8 Å². The third-order valence-electron chi connectivity index (χ3n) is 4.76. The molecule has 1 aromatic carbocycles. The highest BCUT2D eigenvalue weighted by atomic mass is 35.5. The molecule has 7 nitrogen and oxygen atoms in total. The Bertz CT molecular complexity index is 841. The van der Waals surface area contributed by atoms with Crippen LogP contribution in [-0.4, -0.2) is 55.5 Å². The van der Waals surface area contributed by atoms with Crippen molar-refractivity contribution in [1.82, 2.24) is 14.7 Å². The van der Waals surface area contributed by atoms with Crippen molar-refractivity contribution in [1.29, 1.82) is 0 Å². The fraction of sp³-hybridized carbons (Fsp3) is 0.389. The number of carboxylic acids is 1. The minimum Gasteiger partial charge on any atom is -0.479 e. The summed E-state index contributed by atoms with van der Waals surface area (Å²) >= 11 is 6.05. The van der Waals surface area contributed by atoms with Gasteiger partial charge in [-0.25, -0.2) is 9.48 Å². The number of piperidine rings is 1. The minimum atomic E-state index is -1.75.